The molecule has 112 valence electrons. The average Bonchev–Trinajstić information content (AvgIpc) is 2.77. The van der Waals surface area contributed by atoms with Gasteiger partial charge in [-0.25, -0.2) is 9.78 Å². The van der Waals surface area contributed by atoms with Gasteiger partial charge in [-0.3, -0.25) is 0 Å². The number of hydrogen-bond acceptors (Lipinski definition) is 3. The number of nitrogens with zero attached hydrogens (tertiary/aromatic N) is 3. The maximum atomic E-state index is 12.5. The molecule has 5 nitrogen and oxygen atoms in total. The first-order chi connectivity index (χ1) is 9.67. The normalized spacial score (nSPS) is 22.0. The Kier molecular flexibility index (Phi) is 3.58. The van der Waals surface area contributed by atoms with Crippen LogP contribution >= 0.6 is 0 Å². The Morgan fingerprint density at radius 2 is 2.05 bits per heavy atom. The summed E-state index contributed by atoms with van der Waals surface area (Å²) in [5.74, 6) is -0.908. The van der Waals surface area contributed by atoms with Gasteiger partial charge in [-0.2, -0.15) is 13.2 Å². The van der Waals surface area contributed by atoms with Crippen molar-refractivity contribution in [3.8, 4) is 0 Å². The number of pyridine rings is 1. The molecule has 0 spiro atoms. The number of carboxylic acid groups (broad SMARTS) is 1. The molecule has 0 saturated carbocycles. The molecule has 8 heteroatoms. The summed E-state index contributed by atoms with van der Waals surface area (Å²) in [4.78, 5) is 14.9. The number of aromatic nitrogens is 1. The highest BCUT2D eigenvalue weighted by molar-refractivity contribution is 6.20. The quantitative estimate of drug-likeness (QED) is 0.873. The zero-order chi connectivity index (χ0) is 15.8. The maximum absolute atomic E-state index is 12.5. The maximum Gasteiger partial charge on any atom is 0.417 e. The Morgan fingerprint density at radius 3 is 2.43 bits per heavy atom. The van der Waals surface area contributed by atoms with E-state index in [1.165, 1.54) is 12.3 Å². The van der Waals surface area contributed by atoms with E-state index in [1.54, 1.807) is 14.0 Å². The molecule has 1 aromatic heterocycles. The molecule has 1 aromatic rings. The van der Waals surface area contributed by atoms with Gasteiger partial charge in [0.05, 0.1) is 5.56 Å². The van der Waals surface area contributed by atoms with E-state index in [1.807, 2.05) is 0 Å². The van der Waals surface area contributed by atoms with E-state index in [0.717, 1.165) is 6.07 Å². The third-order valence-corrected chi connectivity index (χ3v) is 3.12. The second kappa shape index (κ2) is 4.96. The van der Waals surface area contributed by atoms with E-state index >= 15 is 0 Å². The summed E-state index contributed by atoms with van der Waals surface area (Å²) in [6.07, 6.45) is -1.98. The molecule has 0 amide bonds. The fourth-order valence-corrected chi connectivity index (χ4v) is 2.04. The van der Waals surface area contributed by atoms with E-state index in [-0.39, 0.29) is 16.0 Å². The topological polar surface area (TPSA) is 62.5 Å². The number of aliphatic carboxylic acids is 1. The number of carbonyl (C=O) groups is 1. The van der Waals surface area contributed by atoms with E-state index in [0.29, 0.717) is 18.3 Å². The van der Waals surface area contributed by atoms with Crippen LogP contribution in [0.3, 0.4) is 0 Å². The highest BCUT2D eigenvalue weighted by Crippen LogP contribution is 2.32. The van der Waals surface area contributed by atoms with Crippen LogP contribution in [0.25, 0.3) is 0 Å². The van der Waals surface area contributed by atoms with Gasteiger partial charge < -0.3 is 5.11 Å². The Labute approximate surface area is 118 Å². The van der Waals surface area contributed by atoms with Crippen LogP contribution in [0.2, 0.25) is 0 Å². The summed E-state index contributed by atoms with van der Waals surface area (Å²) in [6.45, 7) is 1.76. The Morgan fingerprint density at radius 1 is 1.38 bits per heavy atom. The first-order valence-electron chi connectivity index (χ1n) is 6.13. The number of carboxylic acids is 1. The van der Waals surface area contributed by atoms with Gasteiger partial charge in [0.1, 0.15) is 24.5 Å². The molecule has 21 heavy (non-hydrogen) atoms. The van der Waals surface area contributed by atoms with Crippen molar-refractivity contribution in [2.75, 3.05) is 7.05 Å². The highest BCUT2D eigenvalue weighted by Gasteiger charge is 2.38. The fraction of sp³-hybridized carbons (Fsp3) is 0.308. The first kappa shape index (κ1) is 15.2. The molecule has 2 heterocycles. The monoisotopic (exact) mass is 300 g/mol. The molecule has 1 aliphatic heterocycles. The van der Waals surface area contributed by atoms with Crippen molar-refractivity contribution in [3.63, 3.8) is 0 Å². The number of hydrogen-bond donors (Lipinski definition) is 1. The standard InChI is InChI=1S/C13H12F3N3O2/c1-3-10-9(12(20)21)7-19(2,18-10)11-5-4-8(6-17-11)13(14,15)16/h4-7H,3H2,1-2H3/p+1. The molecule has 1 unspecified atom stereocenters. The third kappa shape index (κ3) is 2.80. The molecule has 1 N–H and O–H groups in total. The molecule has 1 atom stereocenters. The van der Waals surface area contributed by atoms with Crippen molar-refractivity contribution in [1.29, 1.82) is 0 Å². The Bertz CT molecular complexity index is 635. The van der Waals surface area contributed by atoms with Gasteiger partial charge in [-0.15, -0.1) is 4.59 Å². The zero-order valence-electron chi connectivity index (χ0n) is 11.3. The lowest BCUT2D eigenvalue weighted by Crippen LogP contribution is -2.32. The van der Waals surface area contributed by atoms with Gasteiger partial charge in [-0.1, -0.05) is 12.0 Å². The number of alkyl halides is 3. The van der Waals surface area contributed by atoms with Gasteiger partial charge in [0.25, 0.3) is 5.82 Å². The summed E-state index contributed by atoms with van der Waals surface area (Å²) in [5.41, 5.74) is -0.437. The van der Waals surface area contributed by atoms with E-state index in [4.69, 9.17) is 5.11 Å². The van der Waals surface area contributed by atoms with Gasteiger partial charge in [-0.05, 0) is 12.5 Å². The molecule has 0 fully saturated rings. The SMILES string of the molecule is CCC1=N[N+](C)(c2ccc(C(F)(F)F)cn2)C=C1C(=O)O. The average molecular weight is 300 g/mol. The van der Waals surface area contributed by atoms with Crippen LogP contribution in [-0.4, -0.2) is 28.8 Å². The van der Waals surface area contributed by atoms with Crippen LogP contribution < -0.4 is 4.59 Å². The van der Waals surface area contributed by atoms with Crippen LogP contribution in [0.4, 0.5) is 19.0 Å². The van der Waals surface area contributed by atoms with Crippen molar-refractivity contribution < 1.29 is 23.1 Å². The molecular formula is C13H13F3N3O2+. The van der Waals surface area contributed by atoms with E-state index in [9.17, 15) is 18.0 Å². The Hall–Kier alpha value is -2.22. The van der Waals surface area contributed by atoms with Crippen LogP contribution in [0.5, 0.6) is 0 Å². The summed E-state index contributed by atoms with van der Waals surface area (Å²) in [7, 11) is 1.56. The predicted octanol–water partition coefficient (Wildman–Crippen LogP) is 2.79. The number of quaternary nitrogens is 1. The summed E-state index contributed by atoms with van der Waals surface area (Å²) < 4.78 is 37.2. The fourth-order valence-electron chi connectivity index (χ4n) is 2.04. The van der Waals surface area contributed by atoms with Gasteiger partial charge in [0, 0.05) is 12.3 Å². The first-order valence-corrected chi connectivity index (χ1v) is 6.13. The van der Waals surface area contributed by atoms with Crippen LogP contribution in [-0.2, 0) is 11.0 Å². The minimum atomic E-state index is -4.46. The summed E-state index contributed by atoms with van der Waals surface area (Å²) >= 11 is 0. The highest BCUT2D eigenvalue weighted by atomic mass is 19.4. The largest absolute Gasteiger partial charge is 0.477 e. The molecule has 0 radical (unpaired) electrons. The van der Waals surface area contributed by atoms with E-state index < -0.39 is 17.7 Å². The predicted molar refractivity (Wildman–Crippen MR) is 70.4 cm³/mol. The zero-order valence-corrected chi connectivity index (χ0v) is 11.3. The van der Waals surface area contributed by atoms with Crippen molar-refractivity contribution in [3.05, 3.63) is 35.7 Å². The molecule has 0 aliphatic carbocycles. The third-order valence-electron chi connectivity index (χ3n) is 3.12. The minimum absolute atomic E-state index is 0.0432. The Balaban J connectivity index is 2.42. The second-order valence-electron chi connectivity index (χ2n) is 4.68. The van der Waals surface area contributed by atoms with Crippen LogP contribution in [0, 0.1) is 0 Å². The van der Waals surface area contributed by atoms with Crippen molar-refractivity contribution >= 4 is 17.5 Å². The molecule has 0 bridgehead atoms. The molecule has 0 saturated heterocycles. The van der Waals surface area contributed by atoms with Crippen LogP contribution in [0.15, 0.2) is 35.2 Å². The smallest absolute Gasteiger partial charge is 0.417 e. The second-order valence-corrected chi connectivity index (χ2v) is 4.68. The van der Waals surface area contributed by atoms with Gasteiger partial charge in [0.2, 0.25) is 0 Å². The lowest BCUT2D eigenvalue weighted by Gasteiger charge is -2.18. The van der Waals surface area contributed by atoms with Crippen molar-refractivity contribution in [2.24, 2.45) is 5.10 Å². The molecule has 0 aromatic carbocycles. The number of rotatable bonds is 3. The lowest BCUT2D eigenvalue weighted by atomic mass is 10.1. The summed E-state index contributed by atoms with van der Waals surface area (Å²) in [5, 5.41) is 13.4. The van der Waals surface area contributed by atoms with Crippen molar-refractivity contribution in [2.45, 2.75) is 19.5 Å². The minimum Gasteiger partial charge on any atom is -0.477 e. The molecule has 1 aliphatic rings. The van der Waals surface area contributed by atoms with Crippen LogP contribution in [0.1, 0.15) is 18.9 Å². The number of halogens is 3. The molecule has 2 rings (SSSR count). The van der Waals surface area contributed by atoms with Crippen molar-refractivity contribution in [1.82, 2.24) is 9.58 Å². The summed E-state index contributed by atoms with van der Waals surface area (Å²) in [6, 6.07) is 2.10. The lowest BCUT2D eigenvalue weighted by molar-refractivity contribution is -0.138. The van der Waals surface area contributed by atoms with Gasteiger partial charge in [0.15, 0.2) is 0 Å². The van der Waals surface area contributed by atoms with E-state index in [2.05, 4.69) is 10.1 Å². The van der Waals surface area contributed by atoms with Gasteiger partial charge >= 0.3 is 12.1 Å². The molecular weight excluding hydrogens is 287 g/mol.